The summed E-state index contributed by atoms with van der Waals surface area (Å²) in [6.07, 6.45) is 0.888. The summed E-state index contributed by atoms with van der Waals surface area (Å²) in [6.45, 7) is 4.24. The van der Waals surface area contributed by atoms with E-state index in [1.807, 2.05) is 44.2 Å². The van der Waals surface area contributed by atoms with E-state index in [2.05, 4.69) is 10.9 Å². The Labute approximate surface area is 156 Å². The monoisotopic (exact) mass is 366 g/mol. The Morgan fingerprint density at radius 1 is 0.889 bits per heavy atom. The highest BCUT2D eigenvalue weighted by Crippen LogP contribution is 2.12. The molecule has 0 aliphatic carbocycles. The standard InChI is InChI=1S/C20H22N4O3/c1-3-14-9-11-15(12-10-14)19(26)22-21-18(25)13-24-17-8-6-5-7-16(17)23(4-2)20(24)27/h5-12H,3-4,13H2,1-2H3,(H,21,25)(H,22,26). The molecule has 0 spiro atoms. The van der Waals surface area contributed by atoms with Crippen LogP contribution in [0, 0.1) is 0 Å². The number of fused-ring (bicyclic) bond motifs is 1. The molecule has 0 radical (unpaired) electrons. The number of hydrogen-bond acceptors (Lipinski definition) is 3. The van der Waals surface area contributed by atoms with Gasteiger partial charge in [-0.05, 0) is 43.2 Å². The number of nitrogens with zero attached hydrogens (tertiary/aromatic N) is 2. The molecule has 7 nitrogen and oxygen atoms in total. The molecule has 0 aliphatic rings. The molecule has 0 bridgehead atoms. The van der Waals surface area contributed by atoms with Gasteiger partial charge in [0.25, 0.3) is 11.8 Å². The first-order chi connectivity index (χ1) is 13.0. The summed E-state index contributed by atoms with van der Waals surface area (Å²) >= 11 is 0. The molecule has 1 heterocycles. The minimum Gasteiger partial charge on any atom is -0.292 e. The van der Waals surface area contributed by atoms with Gasteiger partial charge in [0.15, 0.2) is 0 Å². The van der Waals surface area contributed by atoms with E-state index in [4.69, 9.17) is 0 Å². The van der Waals surface area contributed by atoms with Crippen molar-refractivity contribution in [3.8, 4) is 0 Å². The molecule has 2 amide bonds. The predicted molar refractivity (Wildman–Crippen MR) is 103 cm³/mol. The third-order valence-electron chi connectivity index (χ3n) is 4.48. The van der Waals surface area contributed by atoms with Crippen LogP contribution in [0.4, 0.5) is 0 Å². The summed E-state index contributed by atoms with van der Waals surface area (Å²) < 4.78 is 3.01. The van der Waals surface area contributed by atoms with Crippen molar-refractivity contribution in [2.75, 3.05) is 0 Å². The van der Waals surface area contributed by atoms with Crippen molar-refractivity contribution < 1.29 is 9.59 Å². The van der Waals surface area contributed by atoms with Crippen LogP contribution < -0.4 is 16.5 Å². The summed E-state index contributed by atoms with van der Waals surface area (Å²) in [6, 6.07) is 14.5. The average Bonchev–Trinajstić information content (AvgIpc) is 2.97. The van der Waals surface area contributed by atoms with E-state index in [0.29, 0.717) is 17.6 Å². The molecule has 3 rings (SSSR count). The van der Waals surface area contributed by atoms with Crippen molar-refractivity contribution in [3.63, 3.8) is 0 Å². The maximum absolute atomic E-state index is 12.5. The Kier molecular flexibility index (Phi) is 5.40. The van der Waals surface area contributed by atoms with Crippen molar-refractivity contribution in [3.05, 3.63) is 70.1 Å². The van der Waals surface area contributed by atoms with Gasteiger partial charge in [-0.3, -0.25) is 29.6 Å². The number of rotatable bonds is 5. The number of benzene rings is 2. The van der Waals surface area contributed by atoms with Crippen LogP contribution in [0.5, 0.6) is 0 Å². The summed E-state index contributed by atoms with van der Waals surface area (Å²) in [7, 11) is 0. The maximum atomic E-state index is 12.5. The fourth-order valence-electron chi connectivity index (χ4n) is 3.00. The van der Waals surface area contributed by atoms with Crippen molar-refractivity contribution in [2.45, 2.75) is 33.4 Å². The molecule has 2 aromatic carbocycles. The normalized spacial score (nSPS) is 10.7. The number of nitrogens with one attached hydrogen (secondary N) is 2. The Hall–Kier alpha value is -3.35. The highest BCUT2D eigenvalue weighted by Gasteiger charge is 2.15. The predicted octanol–water partition coefficient (Wildman–Crippen LogP) is 1.85. The zero-order valence-electron chi connectivity index (χ0n) is 15.4. The van der Waals surface area contributed by atoms with Gasteiger partial charge in [0.05, 0.1) is 11.0 Å². The molecule has 1 aromatic heterocycles. The minimum atomic E-state index is -0.477. The second kappa shape index (κ2) is 7.90. The van der Waals surface area contributed by atoms with E-state index in [-0.39, 0.29) is 12.2 Å². The van der Waals surface area contributed by atoms with E-state index in [1.54, 1.807) is 22.8 Å². The zero-order valence-corrected chi connectivity index (χ0v) is 15.4. The third kappa shape index (κ3) is 3.76. The summed E-state index contributed by atoms with van der Waals surface area (Å²) in [5.41, 5.74) is 7.54. The van der Waals surface area contributed by atoms with Crippen molar-refractivity contribution >= 4 is 22.8 Å². The van der Waals surface area contributed by atoms with Crippen LogP contribution in [0.3, 0.4) is 0 Å². The molecule has 0 aliphatic heterocycles. The first kappa shape index (κ1) is 18.4. The number of amides is 2. The van der Waals surface area contributed by atoms with Crippen LogP contribution in [-0.2, 0) is 24.3 Å². The Balaban J connectivity index is 1.69. The number of hydrazine groups is 1. The molecular weight excluding hydrogens is 344 g/mol. The van der Waals surface area contributed by atoms with Gasteiger partial charge in [-0.1, -0.05) is 31.2 Å². The van der Waals surface area contributed by atoms with Crippen molar-refractivity contribution in [2.24, 2.45) is 0 Å². The minimum absolute atomic E-state index is 0.179. The first-order valence-corrected chi connectivity index (χ1v) is 8.91. The van der Waals surface area contributed by atoms with Crippen LogP contribution in [0.1, 0.15) is 29.8 Å². The highest BCUT2D eigenvalue weighted by atomic mass is 16.2. The lowest BCUT2D eigenvalue weighted by Gasteiger charge is -2.08. The summed E-state index contributed by atoms with van der Waals surface area (Å²) in [4.78, 5) is 36.9. The van der Waals surface area contributed by atoms with Gasteiger partial charge in [-0.15, -0.1) is 0 Å². The number of carbonyl (C=O) groups excluding carboxylic acids is 2. The van der Waals surface area contributed by atoms with Crippen LogP contribution in [0.15, 0.2) is 53.3 Å². The average molecular weight is 366 g/mol. The van der Waals surface area contributed by atoms with E-state index in [9.17, 15) is 14.4 Å². The molecule has 2 N–H and O–H groups in total. The third-order valence-corrected chi connectivity index (χ3v) is 4.48. The second-order valence-corrected chi connectivity index (χ2v) is 6.15. The SMILES string of the molecule is CCc1ccc(C(=O)NNC(=O)Cn2c(=O)n(CC)c3ccccc32)cc1. The van der Waals surface area contributed by atoms with E-state index in [0.717, 1.165) is 17.5 Å². The Morgan fingerprint density at radius 3 is 2.11 bits per heavy atom. The molecule has 0 atom stereocenters. The van der Waals surface area contributed by atoms with Crippen LogP contribution in [0.25, 0.3) is 11.0 Å². The quantitative estimate of drug-likeness (QED) is 0.676. The molecule has 0 saturated carbocycles. The molecule has 140 valence electrons. The number of aryl methyl sites for hydroxylation is 2. The fourth-order valence-corrected chi connectivity index (χ4v) is 3.00. The lowest BCUT2D eigenvalue weighted by atomic mass is 10.1. The van der Waals surface area contributed by atoms with Gasteiger partial charge < -0.3 is 0 Å². The number of para-hydroxylation sites is 2. The van der Waals surface area contributed by atoms with Gasteiger partial charge in [0.2, 0.25) is 0 Å². The van der Waals surface area contributed by atoms with E-state index >= 15 is 0 Å². The highest BCUT2D eigenvalue weighted by molar-refractivity contribution is 5.95. The number of aromatic nitrogens is 2. The van der Waals surface area contributed by atoms with Gasteiger partial charge in [0, 0.05) is 12.1 Å². The Morgan fingerprint density at radius 2 is 1.52 bits per heavy atom. The van der Waals surface area contributed by atoms with Gasteiger partial charge in [0.1, 0.15) is 6.54 Å². The lowest BCUT2D eigenvalue weighted by Crippen LogP contribution is -2.44. The molecule has 3 aromatic rings. The Bertz CT molecular complexity index is 1030. The maximum Gasteiger partial charge on any atom is 0.329 e. The molecular formula is C20H22N4O3. The van der Waals surface area contributed by atoms with Crippen LogP contribution in [0.2, 0.25) is 0 Å². The largest absolute Gasteiger partial charge is 0.329 e. The number of carbonyl (C=O) groups is 2. The van der Waals surface area contributed by atoms with Crippen LogP contribution in [-0.4, -0.2) is 20.9 Å². The van der Waals surface area contributed by atoms with E-state index in [1.165, 1.54) is 4.57 Å². The summed E-state index contributed by atoms with van der Waals surface area (Å²) in [5, 5.41) is 0. The van der Waals surface area contributed by atoms with Gasteiger partial charge >= 0.3 is 5.69 Å². The molecule has 7 heteroatoms. The zero-order chi connectivity index (χ0) is 19.4. The molecule has 0 saturated heterocycles. The van der Waals surface area contributed by atoms with Gasteiger partial charge in [-0.25, -0.2) is 4.79 Å². The topological polar surface area (TPSA) is 85.1 Å². The smallest absolute Gasteiger partial charge is 0.292 e. The number of imidazole rings is 1. The molecule has 0 fully saturated rings. The summed E-state index contributed by atoms with van der Waals surface area (Å²) in [5.74, 6) is -0.885. The number of hydrogen-bond donors (Lipinski definition) is 2. The van der Waals surface area contributed by atoms with Crippen LogP contribution >= 0.6 is 0 Å². The first-order valence-electron chi connectivity index (χ1n) is 8.91. The lowest BCUT2D eigenvalue weighted by molar-refractivity contribution is -0.122. The fraction of sp³-hybridized carbons (Fsp3) is 0.250. The molecule has 27 heavy (non-hydrogen) atoms. The van der Waals surface area contributed by atoms with Crippen molar-refractivity contribution in [1.29, 1.82) is 0 Å². The van der Waals surface area contributed by atoms with Crippen molar-refractivity contribution in [1.82, 2.24) is 20.0 Å². The second-order valence-electron chi connectivity index (χ2n) is 6.15. The van der Waals surface area contributed by atoms with E-state index < -0.39 is 11.8 Å². The molecule has 0 unspecified atom stereocenters. The van der Waals surface area contributed by atoms with Gasteiger partial charge in [-0.2, -0.15) is 0 Å².